The van der Waals surface area contributed by atoms with Crippen molar-refractivity contribution in [2.24, 2.45) is 11.7 Å². The van der Waals surface area contributed by atoms with Gasteiger partial charge in [0.2, 0.25) is 5.91 Å². The molecule has 1 saturated heterocycles. The third-order valence-electron chi connectivity index (χ3n) is 3.28. The van der Waals surface area contributed by atoms with Gasteiger partial charge in [-0.05, 0) is 13.5 Å². The number of likely N-dealkylation sites (N-methyl/N-ethyl adjacent to an activating group) is 1. The van der Waals surface area contributed by atoms with Gasteiger partial charge in [-0.25, -0.2) is 4.79 Å². The Morgan fingerprint density at radius 3 is 2.58 bits per heavy atom. The fourth-order valence-corrected chi connectivity index (χ4v) is 2.28. The van der Waals surface area contributed by atoms with E-state index < -0.39 is 35.9 Å². The molecule has 0 radical (unpaired) electrons. The second-order valence-electron chi connectivity index (χ2n) is 4.41. The monoisotopic (exact) mass is 273 g/mol. The normalized spacial score (nSPS) is 24.2. The maximum atomic E-state index is 11.7. The van der Waals surface area contributed by atoms with Crippen molar-refractivity contribution in [3.63, 3.8) is 0 Å². The molecule has 1 aliphatic heterocycles. The SMILES string of the molecule is CCN(C(C)C(=O)NC(N)=O)C1COCC1C(=O)O. The number of nitrogens with zero attached hydrogens (tertiary/aromatic N) is 1. The number of hydrogen-bond acceptors (Lipinski definition) is 5. The summed E-state index contributed by atoms with van der Waals surface area (Å²) < 4.78 is 5.18. The molecular formula is C11H19N3O5. The van der Waals surface area contributed by atoms with Crippen LogP contribution in [0, 0.1) is 5.92 Å². The van der Waals surface area contributed by atoms with E-state index in [9.17, 15) is 14.4 Å². The van der Waals surface area contributed by atoms with E-state index in [1.807, 2.05) is 12.2 Å². The minimum Gasteiger partial charge on any atom is -0.481 e. The summed E-state index contributed by atoms with van der Waals surface area (Å²) in [6.45, 7) is 4.25. The van der Waals surface area contributed by atoms with E-state index in [0.29, 0.717) is 6.54 Å². The highest BCUT2D eigenvalue weighted by Crippen LogP contribution is 2.22. The molecule has 1 heterocycles. The van der Waals surface area contributed by atoms with Crippen LogP contribution < -0.4 is 11.1 Å². The number of amides is 3. The maximum Gasteiger partial charge on any atom is 0.318 e. The molecule has 4 N–H and O–H groups in total. The van der Waals surface area contributed by atoms with E-state index in [1.165, 1.54) is 0 Å². The topological polar surface area (TPSA) is 122 Å². The summed E-state index contributed by atoms with van der Waals surface area (Å²) in [5, 5.41) is 11.1. The molecule has 0 saturated carbocycles. The van der Waals surface area contributed by atoms with Crippen molar-refractivity contribution in [1.29, 1.82) is 0 Å². The van der Waals surface area contributed by atoms with Crippen LogP contribution in [0.2, 0.25) is 0 Å². The molecule has 3 amide bonds. The lowest BCUT2D eigenvalue weighted by Gasteiger charge is -2.33. The van der Waals surface area contributed by atoms with Gasteiger partial charge in [0, 0.05) is 6.04 Å². The number of carboxylic acid groups (broad SMARTS) is 1. The lowest BCUT2D eigenvalue weighted by Crippen LogP contribution is -2.54. The van der Waals surface area contributed by atoms with Gasteiger partial charge < -0.3 is 15.6 Å². The number of nitrogens with one attached hydrogen (secondary N) is 1. The molecule has 0 bridgehead atoms. The second-order valence-corrected chi connectivity index (χ2v) is 4.41. The van der Waals surface area contributed by atoms with Crippen molar-refractivity contribution in [3.8, 4) is 0 Å². The summed E-state index contributed by atoms with van der Waals surface area (Å²) in [5.41, 5.74) is 4.89. The summed E-state index contributed by atoms with van der Waals surface area (Å²) in [5.74, 6) is -2.18. The summed E-state index contributed by atoms with van der Waals surface area (Å²) in [6, 6.07) is -1.98. The summed E-state index contributed by atoms with van der Waals surface area (Å²) in [7, 11) is 0. The molecule has 0 spiro atoms. The average molecular weight is 273 g/mol. The van der Waals surface area contributed by atoms with Gasteiger partial charge in [0.25, 0.3) is 0 Å². The highest BCUT2D eigenvalue weighted by atomic mass is 16.5. The smallest absolute Gasteiger partial charge is 0.318 e. The number of carboxylic acids is 1. The zero-order valence-electron chi connectivity index (χ0n) is 11.0. The standard InChI is InChI=1S/C11H19N3O5/c1-3-14(6(2)9(15)13-11(12)18)8-5-19-4-7(8)10(16)17/h6-8H,3-5H2,1-2H3,(H,16,17)(H3,12,13,15,18). The van der Waals surface area contributed by atoms with Gasteiger partial charge in [0.1, 0.15) is 0 Å². The molecule has 8 heteroatoms. The Labute approximate surface area is 110 Å². The van der Waals surface area contributed by atoms with Crippen molar-refractivity contribution in [2.45, 2.75) is 25.9 Å². The third kappa shape index (κ3) is 3.65. The molecule has 0 aliphatic carbocycles. The molecular weight excluding hydrogens is 254 g/mol. The number of nitrogens with two attached hydrogens (primary N) is 1. The Kier molecular flexibility index (Phi) is 5.25. The molecule has 1 rings (SSSR count). The number of hydrogen-bond donors (Lipinski definition) is 3. The van der Waals surface area contributed by atoms with Gasteiger partial charge >= 0.3 is 12.0 Å². The predicted octanol–water partition coefficient (Wildman–Crippen LogP) is -1.01. The maximum absolute atomic E-state index is 11.7. The fraction of sp³-hybridized carbons (Fsp3) is 0.727. The van der Waals surface area contributed by atoms with Crippen LogP contribution >= 0.6 is 0 Å². The Morgan fingerprint density at radius 1 is 1.47 bits per heavy atom. The van der Waals surface area contributed by atoms with Crippen molar-refractivity contribution in [1.82, 2.24) is 10.2 Å². The number of urea groups is 1. The summed E-state index contributed by atoms with van der Waals surface area (Å²) in [6.07, 6.45) is 0. The van der Waals surface area contributed by atoms with Gasteiger partial charge in [-0.3, -0.25) is 19.8 Å². The van der Waals surface area contributed by atoms with E-state index in [0.717, 1.165) is 0 Å². The van der Waals surface area contributed by atoms with Gasteiger partial charge in [-0.1, -0.05) is 6.92 Å². The van der Waals surface area contributed by atoms with E-state index in [-0.39, 0.29) is 13.2 Å². The van der Waals surface area contributed by atoms with Crippen molar-refractivity contribution in [3.05, 3.63) is 0 Å². The number of ether oxygens (including phenoxy) is 1. The largest absolute Gasteiger partial charge is 0.481 e. The van der Waals surface area contributed by atoms with Crippen molar-refractivity contribution >= 4 is 17.9 Å². The van der Waals surface area contributed by atoms with Gasteiger partial charge in [0.15, 0.2) is 0 Å². The van der Waals surface area contributed by atoms with Crippen molar-refractivity contribution < 1.29 is 24.2 Å². The first-order valence-corrected chi connectivity index (χ1v) is 6.05. The highest BCUT2D eigenvalue weighted by Gasteiger charge is 2.40. The van der Waals surface area contributed by atoms with E-state index in [2.05, 4.69) is 0 Å². The zero-order valence-corrected chi connectivity index (χ0v) is 11.0. The molecule has 0 aromatic carbocycles. The van der Waals surface area contributed by atoms with Gasteiger partial charge in [-0.15, -0.1) is 0 Å². The van der Waals surface area contributed by atoms with Crippen molar-refractivity contribution in [2.75, 3.05) is 19.8 Å². The number of imide groups is 1. The van der Waals surface area contributed by atoms with E-state index in [1.54, 1.807) is 11.8 Å². The predicted molar refractivity (Wildman–Crippen MR) is 65.3 cm³/mol. The first-order valence-electron chi connectivity index (χ1n) is 6.05. The molecule has 19 heavy (non-hydrogen) atoms. The lowest BCUT2D eigenvalue weighted by atomic mass is 10.0. The fourth-order valence-electron chi connectivity index (χ4n) is 2.28. The number of aliphatic carboxylic acids is 1. The number of rotatable bonds is 5. The van der Waals surface area contributed by atoms with Crippen LogP contribution in [0.4, 0.5) is 4.79 Å². The number of primary amides is 1. The van der Waals surface area contributed by atoms with E-state index in [4.69, 9.17) is 15.6 Å². The Morgan fingerprint density at radius 2 is 2.11 bits per heavy atom. The first kappa shape index (κ1) is 15.4. The highest BCUT2D eigenvalue weighted by molar-refractivity contribution is 5.96. The summed E-state index contributed by atoms with van der Waals surface area (Å²) >= 11 is 0. The molecule has 0 aromatic heterocycles. The minimum atomic E-state index is -0.955. The molecule has 3 unspecified atom stereocenters. The Bertz CT molecular complexity index is 373. The van der Waals surface area contributed by atoms with Crippen LogP contribution in [0.1, 0.15) is 13.8 Å². The zero-order chi connectivity index (χ0) is 14.6. The van der Waals surface area contributed by atoms with Crippen LogP contribution in [-0.4, -0.2) is 59.8 Å². The molecule has 0 aromatic rings. The van der Waals surface area contributed by atoms with Gasteiger partial charge in [0.05, 0.1) is 25.2 Å². The molecule has 1 fully saturated rings. The quantitative estimate of drug-likeness (QED) is 0.590. The van der Waals surface area contributed by atoms with Crippen LogP contribution in [-0.2, 0) is 14.3 Å². The number of carbonyl (C=O) groups is 3. The number of carbonyl (C=O) groups excluding carboxylic acids is 2. The van der Waals surface area contributed by atoms with E-state index >= 15 is 0 Å². The van der Waals surface area contributed by atoms with Crippen LogP contribution in [0.5, 0.6) is 0 Å². The molecule has 8 nitrogen and oxygen atoms in total. The summed E-state index contributed by atoms with van der Waals surface area (Å²) in [4.78, 5) is 35.2. The molecule has 3 atom stereocenters. The van der Waals surface area contributed by atoms with Crippen LogP contribution in [0.25, 0.3) is 0 Å². The molecule has 108 valence electrons. The third-order valence-corrected chi connectivity index (χ3v) is 3.28. The Hall–Kier alpha value is -1.67. The first-order chi connectivity index (χ1) is 8.88. The second kappa shape index (κ2) is 6.48. The minimum absolute atomic E-state index is 0.126. The average Bonchev–Trinajstić information content (AvgIpc) is 2.78. The molecule has 1 aliphatic rings. The van der Waals surface area contributed by atoms with Crippen LogP contribution in [0.15, 0.2) is 0 Å². The van der Waals surface area contributed by atoms with Gasteiger partial charge in [-0.2, -0.15) is 0 Å². The Balaban J connectivity index is 2.78. The lowest BCUT2D eigenvalue weighted by molar-refractivity contribution is -0.144. The van der Waals surface area contributed by atoms with Crippen LogP contribution in [0.3, 0.4) is 0 Å².